The van der Waals surface area contributed by atoms with Crippen molar-refractivity contribution in [2.24, 2.45) is 7.05 Å². The first-order chi connectivity index (χ1) is 7.27. The van der Waals surface area contributed by atoms with Gasteiger partial charge in [0.15, 0.2) is 5.82 Å². The van der Waals surface area contributed by atoms with E-state index in [-0.39, 0.29) is 11.9 Å². The fraction of sp³-hybridized carbons (Fsp3) is 0.600. The molecule has 1 saturated heterocycles. The summed E-state index contributed by atoms with van der Waals surface area (Å²) in [7, 11) is 1.82. The second-order valence-corrected chi connectivity index (χ2v) is 3.88. The van der Waals surface area contributed by atoms with Gasteiger partial charge in [0, 0.05) is 32.0 Å². The number of hydrogen-bond donors (Lipinski definition) is 2. The summed E-state index contributed by atoms with van der Waals surface area (Å²) < 4.78 is 1.73. The van der Waals surface area contributed by atoms with E-state index in [0.29, 0.717) is 5.82 Å². The molecule has 1 unspecified atom stereocenters. The summed E-state index contributed by atoms with van der Waals surface area (Å²) in [5, 5.41) is 6.24. The Kier molecular flexibility index (Phi) is 3.01. The van der Waals surface area contributed by atoms with E-state index in [4.69, 9.17) is 0 Å². The van der Waals surface area contributed by atoms with Crippen molar-refractivity contribution in [2.45, 2.75) is 18.9 Å². The third-order valence-corrected chi connectivity index (χ3v) is 2.66. The summed E-state index contributed by atoms with van der Waals surface area (Å²) in [5.74, 6) is 0.386. The van der Waals surface area contributed by atoms with Gasteiger partial charge in [-0.25, -0.2) is 4.98 Å². The number of aryl methyl sites for hydroxylation is 1. The summed E-state index contributed by atoms with van der Waals surface area (Å²) >= 11 is 0. The number of carbonyl (C=O) groups is 1. The van der Waals surface area contributed by atoms with Crippen LogP contribution in [0.4, 0.5) is 0 Å². The van der Waals surface area contributed by atoms with E-state index < -0.39 is 0 Å². The SMILES string of the molecule is Cn1ccnc1C(=O)NC1CCCNC1. The molecule has 0 bridgehead atoms. The molecule has 0 spiro atoms. The predicted octanol–water partition coefficient (Wildman–Crippen LogP) is -0.0981. The highest BCUT2D eigenvalue weighted by Gasteiger charge is 2.18. The van der Waals surface area contributed by atoms with E-state index in [1.807, 2.05) is 7.05 Å². The Morgan fingerprint density at radius 3 is 3.20 bits per heavy atom. The van der Waals surface area contributed by atoms with Crippen LogP contribution in [0.3, 0.4) is 0 Å². The van der Waals surface area contributed by atoms with Crippen LogP contribution in [0, 0.1) is 0 Å². The minimum atomic E-state index is -0.0869. The van der Waals surface area contributed by atoms with Crippen LogP contribution in [0.2, 0.25) is 0 Å². The maximum Gasteiger partial charge on any atom is 0.287 e. The number of aromatic nitrogens is 2. The maximum absolute atomic E-state index is 11.8. The highest BCUT2D eigenvalue weighted by molar-refractivity contribution is 5.90. The van der Waals surface area contributed by atoms with E-state index in [0.717, 1.165) is 25.9 Å². The van der Waals surface area contributed by atoms with Gasteiger partial charge in [-0.1, -0.05) is 0 Å². The van der Waals surface area contributed by atoms with Crippen molar-refractivity contribution in [1.82, 2.24) is 20.2 Å². The van der Waals surface area contributed by atoms with E-state index in [1.165, 1.54) is 0 Å². The fourth-order valence-corrected chi connectivity index (χ4v) is 1.81. The first-order valence-electron chi connectivity index (χ1n) is 5.26. The van der Waals surface area contributed by atoms with Crippen molar-refractivity contribution < 1.29 is 4.79 Å². The summed E-state index contributed by atoms with van der Waals surface area (Å²) in [4.78, 5) is 15.8. The van der Waals surface area contributed by atoms with E-state index in [1.54, 1.807) is 17.0 Å². The molecule has 15 heavy (non-hydrogen) atoms. The lowest BCUT2D eigenvalue weighted by Gasteiger charge is -2.23. The van der Waals surface area contributed by atoms with Gasteiger partial charge >= 0.3 is 0 Å². The van der Waals surface area contributed by atoms with Crippen molar-refractivity contribution in [3.8, 4) is 0 Å². The molecule has 1 aromatic rings. The predicted molar refractivity (Wildman–Crippen MR) is 56.6 cm³/mol. The lowest BCUT2D eigenvalue weighted by atomic mass is 10.1. The Labute approximate surface area is 88.9 Å². The van der Waals surface area contributed by atoms with Crippen molar-refractivity contribution in [1.29, 1.82) is 0 Å². The van der Waals surface area contributed by atoms with Crippen LogP contribution < -0.4 is 10.6 Å². The normalized spacial score (nSPS) is 21.3. The van der Waals surface area contributed by atoms with Crippen molar-refractivity contribution in [3.63, 3.8) is 0 Å². The molecule has 1 fully saturated rings. The molecule has 1 atom stereocenters. The number of nitrogens with zero attached hydrogens (tertiary/aromatic N) is 2. The Morgan fingerprint density at radius 2 is 2.60 bits per heavy atom. The first kappa shape index (κ1) is 10.2. The Balaban J connectivity index is 1.94. The van der Waals surface area contributed by atoms with Crippen LogP contribution >= 0.6 is 0 Å². The molecule has 2 N–H and O–H groups in total. The van der Waals surface area contributed by atoms with Crippen LogP contribution in [-0.4, -0.2) is 34.6 Å². The van der Waals surface area contributed by atoms with Crippen molar-refractivity contribution >= 4 is 5.91 Å². The second kappa shape index (κ2) is 4.44. The van der Waals surface area contributed by atoms with Gasteiger partial charge in [0.1, 0.15) is 0 Å². The summed E-state index contributed by atoms with van der Waals surface area (Å²) in [6, 6.07) is 0.239. The number of piperidine rings is 1. The number of nitrogens with one attached hydrogen (secondary N) is 2. The molecule has 5 heteroatoms. The number of imidazole rings is 1. The quantitative estimate of drug-likeness (QED) is 0.713. The number of hydrogen-bond acceptors (Lipinski definition) is 3. The molecule has 0 aromatic carbocycles. The molecule has 0 aliphatic carbocycles. The summed E-state index contributed by atoms with van der Waals surface area (Å²) in [6.45, 7) is 1.91. The zero-order valence-corrected chi connectivity index (χ0v) is 8.86. The smallest absolute Gasteiger partial charge is 0.287 e. The Hall–Kier alpha value is -1.36. The number of rotatable bonds is 2. The van der Waals surface area contributed by atoms with Crippen molar-refractivity contribution in [3.05, 3.63) is 18.2 Å². The van der Waals surface area contributed by atoms with Gasteiger partial charge in [-0.05, 0) is 19.4 Å². The molecule has 0 saturated carbocycles. The van der Waals surface area contributed by atoms with E-state index in [2.05, 4.69) is 15.6 Å². The van der Waals surface area contributed by atoms with Gasteiger partial charge in [-0.15, -0.1) is 0 Å². The fourth-order valence-electron chi connectivity index (χ4n) is 1.81. The molecule has 5 nitrogen and oxygen atoms in total. The molecule has 2 heterocycles. The topological polar surface area (TPSA) is 59.0 Å². The van der Waals surface area contributed by atoms with Crippen LogP contribution in [-0.2, 0) is 7.05 Å². The van der Waals surface area contributed by atoms with Crippen molar-refractivity contribution in [2.75, 3.05) is 13.1 Å². The van der Waals surface area contributed by atoms with Gasteiger partial charge in [0.25, 0.3) is 5.91 Å². The average Bonchev–Trinajstić information content (AvgIpc) is 2.66. The molecule has 1 aromatic heterocycles. The summed E-state index contributed by atoms with van der Waals surface area (Å²) in [5.41, 5.74) is 0. The Bertz CT molecular complexity index is 341. The van der Waals surface area contributed by atoms with E-state index in [9.17, 15) is 4.79 Å². The minimum absolute atomic E-state index is 0.0869. The molecule has 82 valence electrons. The minimum Gasteiger partial charge on any atom is -0.345 e. The van der Waals surface area contributed by atoms with Crippen LogP contribution in [0.25, 0.3) is 0 Å². The molecule has 1 aliphatic heterocycles. The van der Waals surface area contributed by atoms with Gasteiger partial charge in [0.2, 0.25) is 0 Å². The number of amides is 1. The largest absolute Gasteiger partial charge is 0.345 e. The second-order valence-electron chi connectivity index (χ2n) is 3.88. The van der Waals surface area contributed by atoms with Gasteiger partial charge in [-0.3, -0.25) is 4.79 Å². The molecule has 2 rings (SSSR count). The first-order valence-corrected chi connectivity index (χ1v) is 5.26. The summed E-state index contributed by atoms with van der Waals surface area (Å²) in [6.07, 6.45) is 5.57. The zero-order valence-electron chi connectivity index (χ0n) is 8.86. The molecular weight excluding hydrogens is 192 g/mol. The van der Waals surface area contributed by atoms with Gasteiger partial charge in [0.05, 0.1) is 0 Å². The Morgan fingerprint density at radius 1 is 1.73 bits per heavy atom. The molecule has 1 amide bonds. The highest BCUT2D eigenvalue weighted by Crippen LogP contribution is 2.02. The van der Waals surface area contributed by atoms with Crippen LogP contribution in [0.5, 0.6) is 0 Å². The maximum atomic E-state index is 11.8. The standard InChI is InChI=1S/C10H16N4O/c1-14-6-5-12-9(14)10(15)13-8-3-2-4-11-7-8/h5-6,8,11H,2-4,7H2,1H3,(H,13,15). The molecular formula is C10H16N4O. The lowest BCUT2D eigenvalue weighted by molar-refractivity contribution is 0.0917. The van der Waals surface area contributed by atoms with Gasteiger partial charge < -0.3 is 15.2 Å². The monoisotopic (exact) mass is 208 g/mol. The van der Waals surface area contributed by atoms with E-state index >= 15 is 0 Å². The zero-order chi connectivity index (χ0) is 10.7. The van der Waals surface area contributed by atoms with Gasteiger partial charge in [-0.2, -0.15) is 0 Å². The number of carbonyl (C=O) groups excluding carboxylic acids is 1. The van der Waals surface area contributed by atoms with Crippen LogP contribution in [0.1, 0.15) is 23.5 Å². The molecule has 1 aliphatic rings. The van der Waals surface area contributed by atoms with Crippen LogP contribution in [0.15, 0.2) is 12.4 Å². The lowest BCUT2D eigenvalue weighted by Crippen LogP contribution is -2.46. The average molecular weight is 208 g/mol. The molecule has 0 radical (unpaired) electrons. The third kappa shape index (κ3) is 2.36. The highest BCUT2D eigenvalue weighted by atomic mass is 16.2. The third-order valence-electron chi connectivity index (χ3n) is 2.66.